The highest BCUT2D eigenvalue weighted by atomic mass is 32.1. The molecule has 1 amide bonds. The van der Waals surface area contributed by atoms with Gasteiger partial charge in [-0.2, -0.15) is 5.10 Å². The molecule has 1 aromatic carbocycles. The molecule has 1 N–H and O–H groups in total. The molecule has 3 heterocycles. The van der Waals surface area contributed by atoms with Crippen LogP contribution in [-0.2, 0) is 11.3 Å². The summed E-state index contributed by atoms with van der Waals surface area (Å²) in [6.45, 7) is 2.73. The van der Waals surface area contributed by atoms with Crippen LogP contribution in [0.3, 0.4) is 0 Å². The molecule has 7 heteroatoms. The van der Waals surface area contributed by atoms with E-state index in [0.29, 0.717) is 6.42 Å². The van der Waals surface area contributed by atoms with Gasteiger partial charge in [0.15, 0.2) is 0 Å². The molecule has 0 spiro atoms. The molecule has 128 valence electrons. The maximum atomic E-state index is 12.2. The van der Waals surface area contributed by atoms with Crippen LogP contribution in [0.4, 0.5) is 5.82 Å². The number of nitrogens with zero attached hydrogens (tertiary/aromatic N) is 3. The molecule has 3 aromatic rings. The van der Waals surface area contributed by atoms with Crippen LogP contribution in [0.25, 0.3) is 10.6 Å². The topological polar surface area (TPSA) is 69.0 Å². The third kappa shape index (κ3) is 2.70. The summed E-state index contributed by atoms with van der Waals surface area (Å²) in [4.78, 5) is 17.8. The van der Waals surface area contributed by atoms with E-state index >= 15 is 0 Å². The van der Waals surface area contributed by atoms with Gasteiger partial charge in [0.1, 0.15) is 16.6 Å². The summed E-state index contributed by atoms with van der Waals surface area (Å²) in [5, 5.41) is 8.22. The lowest BCUT2D eigenvalue weighted by molar-refractivity contribution is -0.116. The van der Waals surface area contributed by atoms with E-state index in [1.54, 1.807) is 18.4 Å². The molecular weight excluding hydrogens is 336 g/mol. The van der Waals surface area contributed by atoms with Gasteiger partial charge in [-0.1, -0.05) is 12.1 Å². The molecule has 6 nitrogen and oxygen atoms in total. The fourth-order valence-corrected chi connectivity index (χ4v) is 4.22. The quantitative estimate of drug-likeness (QED) is 0.778. The monoisotopic (exact) mass is 354 g/mol. The second-order valence-corrected chi connectivity index (χ2v) is 6.90. The number of carbonyl (C=O) groups excluding carboxylic acids is 1. The van der Waals surface area contributed by atoms with Crippen LogP contribution in [0, 0.1) is 0 Å². The number of rotatable bonds is 4. The average molecular weight is 354 g/mol. The highest BCUT2D eigenvalue weighted by Gasteiger charge is 2.31. The van der Waals surface area contributed by atoms with Gasteiger partial charge in [-0.05, 0) is 19.1 Å². The highest BCUT2D eigenvalue weighted by Crippen LogP contribution is 2.42. The van der Waals surface area contributed by atoms with Crippen molar-refractivity contribution in [2.75, 3.05) is 12.4 Å². The minimum Gasteiger partial charge on any atom is -0.496 e. The number of aryl methyl sites for hydroxylation is 1. The number of hydrogen-bond donors (Lipinski definition) is 1. The summed E-state index contributed by atoms with van der Waals surface area (Å²) in [7, 11) is 1.66. The van der Waals surface area contributed by atoms with Crippen LogP contribution in [0.2, 0.25) is 0 Å². The van der Waals surface area contributed by atoms with E-state index in [1.807, 2.05) is 48.3 Å². The molecule has 25 heavy (non-hydrogen) atoms. The number of benzene rings is 1. The minimum atomic E-state index is -0.00925. The van der Waals surface area contributed by atoms with Crippen molar-refractivity contribution in [3.8, 4) is 16.3 Å². The molecule has 1 aliphatic heterocycles. The molecule has 2 aromatic heterocycles. The van der Waals surface area contributed by atoms with E-state index in [0.717, 1.165) is 39.1 Å². The van der Waals surface area contributed by atoms with Gasteiger partial charge < -0.3 is 10.1 Å². The van der Waals surface area contributed by atoms with Crippen molar-refractivity contribution in [2.24, 2.45) is 0 Å². The van der Waals surface area contributed by atoms with Gasteiger partial charge >= 0.3 is 0 Å². The third-order valence-corrected chi connectivity index (χ3v) is 5.54. The van der Waals surface area contributed by atoms with Crippen LogP contribution in [0.1, 0.15) is 29.7 Å². The second-order valence-electron chi connectivity index (χ2n) is 5.84. The van der Waals surface area contributed by atoms with Crippen LogP contribution < -0.4 is 10.1 Å². The Morgan fingerprint density at radius 3 is 3.00 bits per heavy atom. The number of hydrogen-bond acceptors (Lipinski definition) is 5. The zero-order chi connectivity index (χ0) is 17.4. The predicted molar refractivity (Wildman–Crippen MR) is 97.1 cm³/mol. The SMILES string of the molecule is CCn1ncc2c1NC(=O)C[C@@H]2c1cnc(-c2ccccc2OC)s1. The first kappa shape index (κ1) is 15.8. The molecule has 0 aliphatic carbocycles. The number of ether oxygens (including phenoxy) is 1. The molecule has 1 aliphatic rings. The molecule has 4 rings (SSSR count). The van der Waals surface area contributed by atoms with Crippen LogP contribution >= 0.6 is 11.3 Å². The van der Waals surface area contributed by atoms with Crippen LogP contribution in [0.5, 0.6) is 5.75 Å². The van der Waals surface area contributed by atoms with Crippen molar-refractivity contribution in [3.63, 3.8) is 0 Å². The lowest BCUT2D eigenvalue weighted by atomic mass is 9.93. The minimum absolute atomic E-state index is 0.00925. The smallest absolute Gasteiger partial charge is 0.226 e. The van der Waals surface area contributed by atoms with Gasteiger partial charge in [0, 0.05) is 35.5 Å². The fraction of sp³-hybridized carbons (Fsp3) is 0.278. The predicted octanol–water partition coefficient (Wildman–Crippen LogP) is 3.51. The molecule has 0 bridgehead atoms. The van der Waals surface area contributed by atoms with Gasteiger partial charge in [0.25, 0.3) is 0 Å². The Hall–Kier alpha value is -2.67. The highest BCUT2D eigenvalue weighted by molar-refractivity contribution is 7.15. The molecule has 0 saturated heterocycles. The van der Waals surface area contributed by atoms with E-state index in [-0.39, 0.29) is 11.8 Å². The molecule has 0 fully saturated rings. The summed E-state index contributed by atoms with van der Waals surface area (Å²) < 4.78 is 7.26. The number of methoxy groups -OCH3 is 1. The number of amides is 1. The summed E-state index contributed by atoms with van der Waals surface area (Å²) in [5.41, 5.74) is 2.02. The number of aromatic nitrogens is 3. The Bertz CT molecular complexity index is 931. The van der Waals surface area contributed by atoms with Gasteiger partial charge in [-0.15, -0.1) is 11.3 Å². The van der Waals surface area contributed by atoms with Crippen LogP contribution in [-0.4, -0.2) is 27.8 Å². The first-order chi connectivity index (χ1) is 12.2. The summed E-state index contributed by atoms with van der Waals surface area (Å²) in [6, 6.07) is 7.83. The largest absolute Gasteiger partial charge is 0.496 e. The Labute approximate surface area is 149 Å². The summed E-state index contributed by atoms with van der Waals surface area (Å²) in [6.07, 6.45) is 4.13. The second kappa shape index (κ2) is 6.33. The Morgan fingerprint density at radius 1 is 1.36 bits per heavy atom. The van der Waals surface area contributed by atoms with Crippen molar-refractivity contribution in [2.45, 2.75) is 25.8 Å². The van der Waals surface area contributed by atoms with Crippen molar-refractivity contribution in [1.29, 1.82) is 0 Å². The molecule has 0 unspecified atom stereocenters. The number of carbonyl (C=O) groups is 1. The van der Waals surface area contributed by atoms with E-state index in [2.05, 4.69) is 15.4 Å². The summed E-state index contributed by atoms with van der Waals surface area (Å²) in [5.74, 6) is 1.60. The number of thiazole rings is 1. The van der Waals surface area contributed by atoms with Gasteiger partial charge in [0.05, 0.1) is 18.9 Å². The van der Waals surface area contributed by atoms with Gasteiger partial charge in [-0.3, -0.25) is 4.79 Å². The van der Waals surface area contributed by atoms with Crippen molar-refractivity contribution in [1.82, 2.24) is 14.8 Å². The average Bonchev–Trinajstić information content (AvgIpc) is 3.28. The van der Waals surface area contributed by atoms with Gasteiger partial charge in [-0.25, -0.2) is 9.67 Å². The van der Waals surface area contributed by atoms with Crippen LogP contribution in [0.15, 0.2) is 36.7 Å². The van der Waals surface area contributed by atoms with E-state index in [4.69, 9.17) is 4.74 Å². The van der Waals surface area contributed by atoms with Crippen molar-refractivity contribution >= 4 is 23.1 Å². The molecule has 0 radical (unpaired) electrons. The maximum absolute atomic E-state index is 12.2. The zero-order valence-corrected chi connectivity index (χ0v) is 14.8. The molecular formula is C18H18N4O2S. The number of nitrogens with one attached hydrogen (secondary N) is 1. The maximum Gasteiger partial charge on any atom is 0.226 e. The van der Waals surface area contributed by atoms with Crippen molar-refractivity contribution in [3.05, 3.63) is 47.1 Å². The van der Waals surface area contributed by atoms with E-state index < -0.39 is 0 Å². The lowest BCUT2D eigenvalue weighted by Gasteiger charge is -2.22. The number of anilines is 1. The standard InChI is InChI=1S/C18H18N4O2S/c1-3-22-17-13(9-20-22)12(8-16(23)21-17)15-10-19-18(25-15)11-6-4-5-7-14(11)24-2/h4-7,9-10,12H,3,8H2,1-2H3,(H,21,23)/t12-/m0/s1. The van der Waals surface area contributed by atoms with E-state index in [9.17, 15) is 4.79 Å². The van der Waals surface area contributed by atoms with Crippen molar-refractivity contribution < 1.29 is 9.53 Å². The number of para-hydroxylation sites is 1. The van der Waals surface area contributed by atoms with Gasteiger partial charge in [0.2, 0.25) is 5.91 Å². The Balaban J connectivity index is 1.74. The number of fused-ring (bicyclic) bond motifs is 1. The lowest BCUT2D eigenvalue weighted by Crippen LogP contribution is -2.24. The Morgan fingerprint density at radius 2 is 2.20 bits per heavy atom. The first-order valence-corrected chi connectivity index (χ1v) is 8.97. The molecule has 1 atom stereocenters. The fourth-order valence-electron chi connectivity index (χ4n) is 3.16. The summed E-state index contributed by atoms with van der Waals surface area (Å²) >= 11 is 1.60. The first-order valence-electron chi connectivity index (χ1n) is 8.16. The molecule has 0 saturated carbocycles. The zero-order valence-electron chi connectivity index (χ0n) is 14.0. The normalized spacial score (nSPS) is 16.4. The Kier molecular flexibility index (Phi) is 4.01. The third-order valence-electron chi connectivity index (χ3n) is 4.39. The van der Waals surface area contributed by atoms with E-state index in [1.165, 1.54) is 0 Å².